The van der Waals surface area contributed by atoms with Gasteiger partial charge in [0.1, 0.15) is 5.60 Å². The Labute approximate surface area is 134 Å². The molecule has 0 unspecified atom stereocenters. The van der Waals surface area contributed by atoms with E-state index in [9.17, 15) is 9.59 Å². The van der Waals surface area contributed by atoms with Crippen molar-refractivity contribution in [3.8, 4) is 0 Å². The minimum Gasteiger partial charge on any atom is -0.462 e. The van der Waals surface area contributed by atoms with Crippen LogP contribution < -0.4 is 5.32 Å². The van der Waals surface area contributed by atoms with Crippen molar-refractivity contribution in [3.05, 3.63) is 24.5 Å². The van der Waals surface area contributed by atoms with Gasteiger partial charge in [0.05, 0.1) is 30.5 Å². The number of hydrogen-bond acceptors (Lipinski definition) is 6. The zero-order chi connectivity index (χ0) is 16.6. The Bertz CT molecular complexity index is 559. The number of epoxide rings is 1. The molecule has 23 heavy (non-hydrogen) atoms. The predicted octanol–water partition coefficient (Wildman–Crippen LogP) is 1.50. The van der Waals surface area contributed by atoms with E-state index in [1.807, 2.05) is 6.92 Å². The average Bonchev–Trinajstić information content (AvgIpc) is 3.08. The van der Waals surface area contributed by atoms with Crippen molar-refractivity contribution in [2.75, 3.05) is 13.7 Å². The first-order valence-corrected chi connectivity index (χ1v) is 7.71. The molecule has 0 bridgehead atoms. The van der Waals surface area contributed by atoms with Crippen LogP contribution in [-0.4, -0.2) is 43.7 Å². The van der Waals surface area contributed by atoms with E-state index >= 15 is 0 Å². The topological polar surface area (TPSA) is 86.4 Å². The van der Waals surface area contributed by atoms with Crippen LogP contribution in [0.4, 0.5) is 4.79 Å². The second kappa shape index (κ2) is 5.88. The Morgan fingerprint density at radius 1 is 1.57 bits per heavy atom. The lowest BCUT2D eigenvalue weighted by molar-refractivity contribution is -0.151. The maximum Gasteiger partial charge on any atom is 0.409 e. The van der Waals surface area contributed by atoms with Crippen LogP contribution in [0.1, 0.15) is 19.8 Å². The maximum atomic E-state index is 12.3. The summed E-state index contributed by atoms with van der Waals surface area (Å²) in [6.45, 7) is 5.83. The van der Waals surface area contributed by atoms with E-state index < -0.39 is 24.0 Å². The first kappa shape index (κ1) is 15.9. The molecule has 3 rings (SSSR count). The summed E-state index contributed by atoms with van der Waals surface area (Å²) in [6.07, 6.45) is 3.04. The minimum atomic E-state index is -0.776. The summed E-state index contributed by atoms with van der Waals surface area (Å²) in [5.41, 5.74) is 0.0532. The van der Waals surface area contributed by atoms with E-state index in [1.54, 1.807) is 6.08 Å². The summed E-state index contributed by atoms with van der Waals surface area (Å²) >= 11 is 0. The fourth-order valence-corrected chi connectivity index (χ4v) is 3.50. The third-order valence-electron chi connectivity index (χ3n) is 4.78. The predicted molar refractivity (Wildman–Crippen MR) is 79.1 cm³/mol. The van der Waals surface area contributed by atoms with Crippen molar-refractivity contribution in [2.24, 2.45) is 11.8 Å². The van der Waals surface area contributed by atoms with Gasteiger partial charge in [-0.3, -0.25) is 0 Å². The average molecular weight is 323 g/mol. The molecule has 0 spiro atoms. The number of fused-ring (bicyclic) bond motifs is 3. The van der Waals surface area contributed by atoms with E-state index in [0.717, 1.165) is 0 Å². The summed E-state index contributed by atoms with van der Waals surface area (Å²) in [6, 6.07) is 0. The van der Waals surface area contributed by atoms with Crippen LogP contribution in [0.3, 0.4) is 0 Å². The summed E-state index contributed by atoms with van der Waals surface area (Å²) < 4.78 is 21.7. The summed E-state index contributed by atoms with van der Waals surface area (Å²) in [4.78, 5) is 23.8. The van der Waals surface area contributed by atoms with Crippen LogP contribution in [0, 0.1) is 11.8 Å². The van der Waals surface area contributed by atoms with Gasteiger partial charge >= 0.3 is 12.1 Å². The molecule has 2 heterocycles. The number of carbonyl (C=O) groups excluding carboxylic acids is 2. The molecule has 3 aliphatic rings. The quantitative estimate of drug-likeness (QED) is 0.357. The lowest BCUT2D eigenvalue weighted by Crippen LogP contribution is -2.44. The van der Waals surface area contributed by atoms with Gasteiger partial charge in [-0.1, -0.05) is 6.08 Å². The smallest absolute Gasteiger partial charge is 0.409 e. The Balaban J connectivity index is 1.75. The van der Waals surface area contributed by atoms with Gasteiger partial charge in [0.15, 0.2) is 0 Å². The van der Waals surface area contributed by atoms with Gasteiger partial charge in [0.2, 0.25) is 0 Å². The van der Waals surface area contributed by atoms with Crippen molar-refractivity contribution in [3.63, 3.8) is 0 Å². The summed E-state index contributed by atoms with van der Waals surface area (Å²) in [7, 11) is 1.48. The number of ether oxygens (including phenoxy) is 4. The molecule has 126 valence electrons. The molecule has 0 aromatic carbocycles. The second-order valence-electron chi connectivity index (χ2n) is 6.10. The molecule has 7 nitrogen and oxygen atoms in total. The van der Waals surface area contributed by atoms with Crippen molar-refractivity contribution in [1.29, 1.82) is 0 Å². The highest BCUT2D eigenvalue weighted by molar-refractivity contribution is 5.89. The van der Waals surface area contributed by atoms with Gasteiger partial charge < -0.3 is 24.3 Å². The Morgan fingerprint density at radius 3 is 3.04 bits per heavy atom. The van der Waals surface area contributed by atoms with Crippen molar-refractivity contribution in [1.82, 2.24) is 5.32 Å². The van der Waals surface area contributed by atoms with Gasteiger partial charge in [-0.15, -0.1) is 6.58 Å². The minimum absolute atomic E-state index is 0.0550. The SMILES string of the molecule is C=CCCOC(=O)C1=CO[C@@H](OC(=O)NC)[C@H]2[C@@H]1C[C@@H]1O[C@]21C. The van der Waals surface area contributed by atoms with Crippen LogP contribution in [0.15, 0.2) is 24.5 Å². The lowest BCUT2D eigenvalue weighted by Gasteiger charge is -2.35. The number of carbonyl (C=O) groups is 2. The molecule has 1 N–H and O–H groups in total. The lowest BCUT2D eigenvalue weighted by atomic mass is 9.82. The molecule has 5 atom stereocenters. The van der Waals surface area contributed by atoms with E-state index in [2.05, 4.69) is 11.9 Å². The van der Waals surface area contributed by atoms with Crippen LogP contribution in [0.5, 0.6) is 0 Å². The molecule has 0 aromatic rings. The highest BCUT2D eigenvalue weighted by Gasteiger charge is 2.71. The molecule has 1 saturated heterocycles. The van der Waals surface area contributed by atoms with Crippen molar-refractivity contribution < 1.29 is 28.5 Å². The van der Waals surface area contributed by atoms with E-state index in [0.29, 0.717) is 18.4 Å². The van der Waals surface area contributed by atoms with Crippen LogP contribution in [0.25, 0.3) is 0 Å². The molecular weight excluding hydrogens is 302 g/mol. The van der Waals surface area contributed by atoms with E-state index in [-0.39, 0.29) is 24.5 Å². The number of amides is 1. The molecule has 2 aliphatic heterocycles. The van der Waals surface area contributed by atoms with Gasteiger partial charge in [0.25, 0.3) is 6.29 Å². The molecule has 0 aromatic heterocycles. The van der Waals surface area contributed by atoms with Gasteiger partial charge in [-0.25, -0.2) is 9.59 Å². The third kappa shape index (κ3) is 2.69. The normalized spacial score (nSPS) is 36.7. The highest BCUT2D eigenvalue weighted by atomic mass is 16.7. The Hall–Kier alpha value is -2.02. The molecule has 1 aliphatic carbocycles. The molecule has 1 saturated carbocycles. The maximum absolute atomic E-state index is 12.3. The highest BCUT2D eigenvalue weighted by Crippen LogP contribution is 2.61. The van der Waals surface area contributed by atoms with Gasteiger partial charge in [-0.2, -0.15) is 0 Å². The monoisotopic (exact) mass is 323 g/mol. The van der Waals surface area contributed by atoms with Crippen molar-refractivity contribution >= 4 is 12.1 Å². The molecular formula is C16H21NO6. The molecule has 2 fully saturated rings. The van der Waals surface area contributed by atoms with Gasteiger partial charge in [-0.05, 0) is 19.8 Å². The number of alkyl carbamates (subject to hydrolysis) is 1. The first-order valence-electron chi connectivity index (χ1n) is 7.71. The number of hydrogen-bond donors (Lipinski definition) is 1. The second-order valence-corrected chi connectivity index (χ2v) is 6.10. The molecule has 0 radical (unpaired) electrons. The largest absolute Gasteiger partial charge is 0.462 e. The van der Waals surface area contributed by atoms with Crippen molar-refractivity contribution in [2.45, 2.75) is 37.8 Å². The summed E-state index contributed by atoms with van der Waals surface area (Å²) in [5.74, 6) is -0.722. The van der Waals surface area contributed by atoms with E-state index in [1.165, 1.54) is 13.3 Å². The fourth-order valence-electron chi connectivity index (χ4n) is 3.50. The zero-order valence-corrected chi connectivity index (χ0v) is 13.2. The van der Waals surface area contributed by atoms with E-state index in [4.69, 9.17) is 18.9 Å². The Morgan fingerprint density at radius 2 is 2.35 bits per heavy atom. The van der Waals surface area contributed by atoms with Crippen LogP contribution in [-0.2, 0) is 23.7 Å². The standard InChI is InChI=1S/C16H21NO6/c1-4-5-6-20-13(18)10-8-21-14(22-15(19)17-3)12-9(10)7-11-16(12,2)23-11/h4,8-9,11-12,14H,1,5-7H2,2-3H3,(H,17,19)/t9-,11+,12-,14+,16+/m1/s1. The third-order valence-corrected chi connectivity index (χ3v) is 4.78. The van der Waals surface area contributed by atoms with Crippen LogP contribution in [0.2, 0.25) is 0 Å². The van der Waals surface area contributed by atoms with Gasteiger partial charge in [0, 0.05) is 13.0 Å². The number of esters is 1. The first-order chi connectivity index (χ1) is 11.0. The fraction of sp³-hybridized carbons (Fsp3) is 0.625. The molecule has 7 heteroatoms. The number of rotatable bonds is 5. The number of nitrogens with one attached hydrogen (secondary N) is 1. The zero-order valence-electron chi connectivity index (χ0n) is 13.2. The summed E-state index contributed by atoms with van der Waals surface area (Å²) in [5, 5.41) is 2.40. The Kier molecular flexibility index (Phi) is 4.06. The van der Waals surface area contributed by atoms with Crippen LogP contribution >= 0.6 is 0 Å². The molecule has 1 amide bonds.